The van der Waals surface area contributed by atoms with Gasteiger partial charge in [0.25, 0.3) is 0 Å². The molecule has 0 aliphatic heterocycles. The summed E-state index contributed by atoms with van der Waals surface area (Å²) in [4.78, 5) is 14.1. The normalized spacial score (nSPS) is 11.0. The highest BCUT2D eigenvalue weighted by Crippen LogP contribution is 2.31. The number of halogens is 1. The number of para-hydroxylation sites is 1. The molecular weight excluding hydrogens is 402 g/mol. The van der Waals surface area contributed by atoms with Gasteiger partial charge in [-0.25, -0.2) is 0 Å². The standard InChI is InChI=1S/C18H14ClN5OS2/c1-11-21-22-18-24(11)23-17(27-18)14-4-2-3-5-15(14)20-16(25)10-26-13-8-6-12(19)7-9-13/h2-9H,10H2,1H3,(H,20,25). The van der Waals surface area contributed by atoms with Crippen LogP contribution in [0.3, 0.4) is 0 Å². The van der Waals surface area contributed by atoms with Crippen LogP contribution < -0.4 is 5.32 Å². The quantitative estimate of drug-likeness (QED) is 0.484. The molecule has 0 spiro atoms. The second-order valence-electron chi connectivity index (χ2n) is 5.69. The van der Waals surface area contributed by atoms with Gasteiger partial charge < -0.3 is 5.32 Å². The van der Waals surface area contributed by atoms with Crippen molar-refractivity contribution in [1.29, 1.82) is 0 Å². The molecule has 136 valence electrons. The van der Waals surface area contributed by atoms with Gasteiger partial charge in [0, 0.05) is 15.5 Å². The van der Waals surface area contributed by atoms with Gasteiger partial charge >= 0.3 is 0 Å². The van der Waals surface area contributed by atoms with E-state index in [4.69, 9.17) is 11.6 Å². The Balaban J connectivity index is 1.50. The van der Waals surface area contributed by atoms with Gasteiger partial charge in [-0.1, -0.05) is 35.1 Å². The molecule has 6 nitrogen and oxygen atoms in total. The molecule has 0 aliphatic rings. The van der Waals surface area contributed by atoms with Crippen molar-refractivity contribution in [1.82, 2.24) is 19.8 Å². The van der Waals surface area contributed by atoms with Crippen LogP contribution in [0.25, 0.3) is 15.5 Å². The number of carbonyl (C=O) groups is 1. The molecule has 0 radical (unpaired) electrons. The Morgan fingerprint density at radius 1 is 1.19 bits per heavy atom. The molecule has 1 N–H and O–H groups in total. The average molecular weight is 416 g/mol. The second-order valence-corrected chi connectivity index (χ2v) is 8.13. The van der Waals surface area contributed by atoms with E-state index in [9.17, 15) is 4.79 Å². The third-order valence-corrected chi connectivity index (χ3v) is 5.96. The van der Waals surface area contributed by atoms with Crippen molar-refractivity contribution in [3.63, 3.8) is 0 Å². The number of hydrogen-bond acceptors (Lipinski definition) is 6. The number of carbonyl (C=O) groups excluding carboxylic acids is 1. The van der Waals surface area contributed by atoms with Gasteiger partial charge in [-0.3, -0.25) is 4.79 Å². The predicted octanol–water partition coefficient (Wildman–Crippen LogP) is 4.55. The molecule has 0 fully saturated rings. The highest BCUT2D eigenvalue weighted by molar-refractivity contribution is 8.00. The molecule has 2 aromatic heterocycles. The number of amides is 1. The van der Waals surface area contributed by atoms with E-state index < -0.39 is 0 Å². The lowest BCUT2D eigenvalue weighted by Gasteiger charge is -2.09. The van der Waals surface area contributed by atoms with Gasteiger partial charge in [0.2, 0.25) is 10.9 Å². The zero-order valence-electron chi connectivity index (χ0n) is 14.2. The number of fused-ring (bicyclic) bond motifs is 1. The van der Waals surface area contributed by atoms with Crippen molar-refractivity contribution in [2.75, 3.05) is 11.1 Å². The van der Waals surface area contributed by atoms with Crippen molar-refractivity contribution in [3.05, 3.63) is 59.4 Å². The fourth-order valence-electron chi connectivity index (χ4n) is 2.47. The Hall–Kier alpha value is -2.42. The number of nitrogens with one attached hydrogen (secondary N) is 1. The van der Waals surface area contributed by atoms with E-state index >= 15 is 0 Å². The van der Waals surface area contributed by atoms with Crippen molar-refractivity contribution in [2.24, 2.45) is 0 Å². The van der Waals surface area contributed by atoms with Crippen LogP contribution in [0, 0.1) is 6.92 Å². The third kappa shape index (κ3) is 3.97. The summed E-state index contributed by atoms with van der Waals surface area (Å²) in [7, 11) is 0. The Kier molecular flexibility index (Phi) is 5.11. The first-order chi connectivity index (χ1) is 13.1. The fraction of sp³-hybridized carbons (Fsp3) is 0.111. The molecule has 0 saturated carbocycles. The highest BCUT2D eigenvalue weighted by Gasteiger charge is 2.15. The molecule has 4 rings (SSSR count). The summed E-state index contributed by atoms with van der Waals surface area (Å²) in [5, 5.41) is 17.1. The predicted molar refractivity (Wildman–Crippen MR) is 110 cm³/mol. The van der Waals surface area contributed by atoms with Crippen LogP contribution in [-0.4, -0.2) is 31.5 Å². The lowest BCUT2D eigenvalue weighted by atomic mass is 10.2. The zero-order chi connectivity index (χ0) is 18.8. The molecule has 0 bridgehead atoms. The van der Waals surface area contributed by atoms with E-state index in [0.717, 1.165) is 31.9 Å². The Labute approximate surface area is 168 Å². The molecule has 27 heavy (non-hydrogen) atoms. The summed E-state index contributed by atoms with van der Waals surface area (Å²) in [6.45, 7) is 1.85. The molecule has 4 aromatic rings. The van der Waals surface area contributed by atoms with E-state index in [1.165, 1.54) is 23.1 Å². The van der Waals surface area contributed by atoms with Gasteiger partial charge in [0.05, 0.1) is 11.4 Å². The zero-order valence-corrected chi connectivity index (χ0v) is 16.6. The fourth-order valence-corrected chi connectivity index (χ4v) is 4.22. The van der Waals surface area contributed by atoms with Crippen LogP contribution in [0.4, 0.5) is 5.69 Å². The van der Waals surface area contributed by atoms with Gasteiger partial charge in [0.1, 0.15) is 5.01 Å². The summed E-state index contributed by atoms with van der Waals surface area (Å²) in [5.41, 5.74) is 1.58. The summed E-state index contributed by atoms with van der Waals surface area (Å²) >= 11 is 8.78. The smallest absolute Gasteiger partial charge is 0.234 e. The number of hydrogen-bond donors (Lipinski definition) is 1. The topological polar surface area (TPSA) is 72.2 Å². The maximum Gasteiger partial charge on any atom is 0.234 e. The van der Waals surface area contributed by atoms with E-state index in [0.29, 0.717) is 10.8 Å². The van der Waals surface area contributed by atoms with Crippen molar-refractivity contribution >= 4 is 51.3 Å². The average Bonchev–Trinajstić information content (AvgIpc) is 3.24. The maximum absolute atomic E-state index is 12.4. The van der Waals surface area contributed by atoms with E-state index in [1.54, 1.807) is 4.52 Å². The first-order valence-electron chi connectivity index (χ1n) is 8.06. The molecule has 9 heteroatoms. The molecule has 0 unspecified atom stereocenters. The Bertz CT molecular complexity index is 1110. The summed E-state index contributed by atoms with van der Waals surface area (Å²) < 4.78 is 1.70. The minimum Gasteiger partial charge on any atom is -0.325 e. The number of aryl methyl sites for hydroxylation is 1. The minimum absolute atomic E-state index is 0.0819. The summed E-state index contributed by atoms with van der Waals surface area (Å²) in [5.74, 6) is 0.954. The monoisotopic (exact) mass is 415 g/mol. The minimum atomic E-state index is -0.0819. The lowest BCUT2D eigenvalue weighted by molar-refractivity contribution is -0.113. The second kappa shape index (κ2) is 7.67. The molecule has 1 amide bonds. The Morgan fingerprint density at radius 3 is 2.74 bits per heavy atom. The van der Waals surface area contributed by atoms with Crippen LogP contribution in [-0.2, 0) is 4.79 Å². The Morgan fingerprint density at radius 2 is 1.96 bits per heavy atom. The number of thioether (sulfide) groups is 1. The number of rotatable bonds is 5. The van der Waals surface area contributed by atoms with Crippen LogP contribution in [0.5, 0.6) is 0 Å². The largest absolute Gasteiger partial charge is 0.325 e. The third-order valence-electron chi connectivity index (χ3n) is 3.76. The van der Waals surface area contributed by atoms with Gasteiger partial charge in [0.15, 0.2) is 5.82 Å². The van der Waals surface area contributed by atoms with Crippen molar-refractivity contribution < 1.29 is 4.79 Å². The number of nitrogens with zero attached hydrogens (tertiary/aromatic N) is 4. The van der Waals surface area contributed by atoms with Gasteiger partial charge in [-0.15, -0.1) is 22.0 Å². The number of aromatic nitrogens is 4. The number of benzene rings is 2. The maximum atomic E-state index is 12.4. The number of anilines is 1. The molecular formula is C18H14ClN5OS2. The molecule has 2 heterocycles. The first-order valence-corrected chi connectivity index (χ1v) is 10.2. The van der Waals surface area contributed by atoms with Crippen LogP contribution in [0.15, 0.2) is 53.4 Å². The van der Waals surface area contributed by atoms with E-state index in [1.807, 2.05) is 55.5 Å². The summed E-state index contributed by atoms with van der Waals surface area (Å²) in [6.07, 6.45) is 0. The highest BCUT2D eigenvalue weighted by atomic mass is 35.5. The van der Waals surface area contributed by atoms with Crippen LogP contribution in [0.2, 0.25) is 5.02 Å². The van der Waals surface area contributed by atoms with Gasteiger partial charge in [-0.2, -0.15) is 9.61 Å². The molecule has 0 aliphatic carbocycles. The van der Waals surface area contributed by atoms with Gasteiger partial charge in [-0.05, 0) is 43.3 Å². The van der Waals surface area contributed by atoms with Crippen LogP contribution >= 0.6 is 34.7 Å². The summed E-state index contributed by atoms with van der Waals surface area (Å²) in [6, 6.07) is 15.0. The molecule has 0 atom stereocenters. The van der Waals surface area contributed by atoms with E-state index in [-0.39, 0.29) is 5.91 Å². The van der Waals surface area contributed by atoms with Crippen LogP contribution in [0.1, 0.15) is 5.82 Å². The molecule has 2 aromatic carbocycles. The first kappa shape index (κ1) is 18.0. The van der Waals surface area contributed by atoms with Crippen molar-refractivity contribution in [2.45, 2.75) is 11.8 Å². The SMILES string of the molecule is Cc1nnc2sc(-c3ccccc3NC(=O)CSc3ccc(Cl)cc3)nn12. The van der Waals surface area contributed by atoms with Crippen molar-refractivity contribution in [3.8, 4) is 10.6 Å². The molecule has 0 saturated heterocycles. The van der Waals surface area contributed by atoms with E-state index in [2.05, 4.69) is 20.6 Å². The lowest BCUT2D eigenvalue weighted by Crippen LogP contribution is -2.14.